The van der Waals surface area contributed by atoms with Crippen molar-refractivity contribution in [2.45, 2.75) is 26.4 Å². The van der Waals surface area contributed by atoms with Gasteiger partial charge in [0.2, 0.25) is 5.91 Å². The van der Waals surface area contributed by atoms with Crippen LogP contribution in [0.15, 0.2) is 60.9 Å². The fourth-order valence-corrected chi connectivity index (χ4v) is 3.32. The molecule has 1 amide bonds. The Morgan fingerprint density at radius 2 is 1.93 bits per heavy atom. The first-order chi connectivity index (χ1) is 14.4. The van der Waals surface area contributed by atoms with Gasteiger partial charge >= 0.3 is 5.69 Å². The van der Waals surface area contributed by atoms with Crippen LogP contribution in [0, 0.1) is 17.0 Å². The number of nitro groups is 1. The molecule has 0 aliphatic carbocycles. The van der Waals surface area contributed by atoms with E-state index >= 15 is 0 Å². The van der Waals surface area contributed by atoms with Gasteiger partial charge in [-0.2, -0.15) is 10.2 Å². The van der Waals surface area contributed by atoms with Crippen molar-refractivity contribution in [1.29, 1.82) is 0 Å². The lowest BCUT2D eigenvalue weighted by atomic mass is 10.0. The maximum Gasteiger partial charge on any atom is 0.309 e. The molecule has 0 saturated heterocycles. The van der Waals surface area contributed by atoms with Crippen molar-refractivity contribution in [3.63, 3.8) is 0 Å². The quantitative estimate of drug-likeness (QED) is 0.389. The van der Waals surface area contributed by atoms with E-state index < -0.39 is 11.0 Å². The van der Waals surface area contributed by atoms with Gasteiger partial charge in [-0.3, -0.25) is 24.3 Å². The predicted octanol–water partition coefficient (Wildman–Crippen LogP) is 3.70. The third kappa shape index (κ3) is 3.77. The lowest BCUT2D eigenvalue weighted by Crippen LogP contribution is -2.24. The zero-order valence-electron chi connectivity index (χ0n) is 16.5. The fourth-order valence-electron chi connectivity index (χ4n) is 3.32. The normalized spacial score (nSPS) is 12.1. The standard InChI is InChI=1S/C21H20N6O3/c1-14-19(27(29)30)13-26(23-14)15(2)21(28)22-20-10-11-25(24-20)12-17-8-5-7-16-6-3-4-9-18(16)17/h3-11,13,15H,12H2,1-2H3,(H,22,24,28). The third-order valence-electron chi connectivity index (χ3n) is 4.97. The van der Waals surface area contributed by atoms with Crippen molar-refractivity contribution in [2.75, 3.05) is 5.32 Å². The Morgan fingerprint density at radius 3 is 2.70 bits per heavy atom. The summed E-state index contributed by atoms with van der Waals surface area (Å²) < 4.78 is 3.04. The number of carbonyl (C=O) groups excluding carboxylic acids is 1. The Kier molecular flexibility index (Phi) is 5.01. The highest BCUT2D eigenvalue weighted by Gasteiger charge is 2.22. The molecule has 4 rings (SSSR count). The fraction of sp³-hybridized carbons (Fsp3) is 0.190. The van der Waals surface area contributed by atoms with E-state index in [4.69, 9.17) is 0 Å². The van der Waals surface area contributed by atoms with E-state index in [1.807, 2.05) is 18.2 Å². The van der Waals surface area contributed by atoms with Crippen LogP contribution in [0.1, 0.15) is 24.2 Å². The smallest absolute Gasteiger partial charge is 0.307 e. The maximum atomic E-state index is 12.6. The summed E-state index contributed by atoms with van der Waals surface area (Å²) in [4.78, 5) is 23.0. The van der Waals surface area contributed by atoms with Crippen molar-refractivity contribution < 1.29 is 9.72 Å². The van der Waals surface area contributed by atoms with Gasteiger partial charge in [-0.05, 0) is 30.2 Å². The first-order valence-corrected chi connectivity index (χ1v) is 9.43. The number of nitrogens with one attached hydrogen (secondary N) is 1. The molecule has 152 valence electrons. The molecule has 0 radical (unpaired) electrons. The summed E-state index contributed by atoms with van der Waals surface area (Å²) in [5.74, 6) is 0.0493. The van der Waals surface area contributed by atoms with E-state index in [-0.39, 0.29) is 17.3 Å². The van der Waals surface area contributed by atoms with E-state index in [0.717, 1.165) is 16.3 Å². The zero-order valence-corrected chi connectivity index (χ0v) is 16.5. The number of fused-ring (bicyclic) bond motifs is 1. The van der Waals surface area contributed by atoms with E-state index in [1.165, 1.54) is 17.8 Å². The highest BCUT2D eigenvalue weighted by molar-refractivity contribution is 5.92. The Bertz CT molecular complexity index is 1240. The minimum Gasteiger partial charge on any atom is -0.307 e. The molecule has 0 spiro atoms. The SMILES string of the molecule is Cc1nn(C(C)C(=O)Nc2ccn(Cc3cccc4ccccc34)n2)cc1[N+](=O)[O-]. The number of rotatable bonds is 6. The Hall–Kier alpha value is -4.01. The highest BCUT2D eigenvalue weighted by Crippen LogP contribution is 2.21. The predicted molar refractivity (Wildman–Crippen MR) is 112 cm³/mol. The monoisotopic (exact) mass is 404 g/mol. The summed E-state index contributed by atoms with van der Waals surface area (Å²) in [5, 5.41) is 24.5. The lowest BCUT2D eigenvalue weighted by molar-refractivity contribution is -0.385. The number of carbonyl (C=O) groups is 1. The second-order valence-corrected chi connectivity index (χ2v) is 7.04. The molecule has 9 heteroatoms. The molecule has 0 bridgehead atoms. The summed E-state index contributed by atoms with van der Waals surface area (Å²) in [7, 11) is 0. The topological polar surface area (TPSA) is 108 Å². The number of hydrogen-bond acceptors (Lipinski definition) is 5. The van der Waals surface area contributed by atoms with Crippen molar-refractivity contribution in [3.8, 4) is 0 Å². The van der Waals surface area contributed by atoms with Crippen LogP contribution >= 0.6 is 0 Å². The first-order valence-electron chi connectivity index (χ1n) is 9.43. The Labute approximate surface area is 172 Å². The number of aryl methyl sites for hydroxylation is 1. The van der Waals surface area contributed by atoms with Crippen molar-refractivity contribution in [3.05, 3.63) is 82.3 Å². The molecule has 2 aromatic heterocycles. The van der Waals surface area contributed by atoms with Gasteiger partial charge in [0.1, 0.15) is 17.9 Å². The van der Waals surface area contributed by atoms with Crippen LogP contribution in [-0.2, 0) is 11.3 Å². The van der Waals surface area contributed by atoms with Gasteiger partial charge in [-0.15, -0.1) is 0 Å². The van der Waals surface area contributed by atoms with Gasteiger partial charge in [0.05, 0.1) is 11.5 Å². The second kappa shape index (κ2) is 7.78. The number of hydrogen-bond donors (Lipinski definition) is 1. The van der Waals surface area contributed by atoms with Gasteiger partial charge < -0.3 is 5.32 Å². The molecule has 1 atom stereocenters. The molecule has 2 aromatic carbocycles. The molecule has 0 aliphatic heterocycles. The molecular formula is C21H20N6O3. The summed E-state index contributed by atoms with van der Waals surface area (Å²) in [6.45, 7) is 3.73. The molecule has 1 unspecified atom stereocenters. The van der Waals surface area contributed by atoms with Gasteiger partial charge in [0.25, 0.3) is 0 Å². The molecule has 2 heterocycles. The number of anilines is 1. The van der Waals surface area contributed by atoms with Crippen LogP contribution in [0.3, 0.4) is 0 Å². The number of nitrogens with zero attached hydrogens (tertiary/aromatic N) is 5. The molecule has 4 aromatic rings. The lowest BCUT2D eigenvalue weighted by Gasteiger charge is -2.11. The van der Waals surface area contributed by atoms with Gasteiger partial charge in [0, 0.05) is 12.3 Å². The van der Waals surface area contributed by atoms with Crippen LogP contribution in [0.2, 0.25) is 0 Å². The highest BCUT2D eigenvalue weighted by atomic mass is 16.6. The minimum atomic E-state index is -0.722. The Morgan fingerprint density at radius 1 is 1.17 bits per heavy atom. The van der Waals surface area contributed by atoms with Gasteiger partial charge in [-0.1, -0.05) is 42.5 Å². The molecule has 9 nitrogen and oxygen atoms in total. The third-order valence-corrected chi connectivity index (χ3v) is 4.97. The average Bonchev–Trinajstić information content (AvgIpc) is 3.34. The number of benzene rings is 2. The molecular weight excluding hydrogens is 384 g/mol. The summed E-state index contributed by atoms with van der Waals surface area (Å²) in [6, 6.07) is 15.3. The van der Waals surface area contributed by atoms with Crippen LogP contribution in [0.5, 0.6) is 0 Å². The zero-order chi connectivity index (χ0) is 21.3. The second-order valence-electron chi connectivity index (χ2n) is 7.04. The molecule has 30 heavy (non-hydrogen) atoms. The summed E-state index contributed by atoms with van der Waals surface area (Å²) >= 11 is 0. The van der Waals surface area contributed by atoms with Crippen LogP contribution < -0.4 is 5.32 Å². The van der Waals surface area contributed by atoms with Crippen molar-refractivity contribution in [1.82, 2.24) is 19.6 Å². The molecule has 0 aliphatic rings. The van der Waals surface area contributed by atoms with Crippen molar-refractivity contribution >= 4 is 28.2 Å². The van der Waals surface area contributed by atoms with E-state index in [0.29, 0.717) is 12.4 Å². The van der Waals surface area contributed by atoms with E-state index in [9.17, 15) is 14.9 Å². The maximum absolute atomic E-state index is 12.6. The minimum absolute atomic E-state index is 0.117. The van der Waals surface area contributed by atoms with Crippen LogP contribution in [0.4, 0.5) is 11.5 Å². The number of amides is 1. The Balaban J connectivity index is 1.47. The van der Waals surface area contributed by atoms with Crippen molar-refractivity contribution in [2.24, 2.45) is 0 Å². The van der Waals surface area contributed by atoms with Crippen LogP contribution in [-0.4, -0.2) is 30.4 Å². The van der Waals surface area contributed by atoms with Gasteiger partial charge in [-0.25, -0.2) is 0 Å². The molecule has 1 N–H and O–H groups in total. The van der Waals surface area contributed by atoms with Gasteiger partial charge in [0.15, 0.2) is 5.82 Å². The van der Waals surface area contributed by atoms with Crippen LogP contribution in [0.25, 0.3) is 10.8 Å². The molecule has 0 fully saturated rings. The van der Waals surface area contributed by atoms with E-state index in [1.54, 1.807) is 23.9 Å². The summed E-state index contributed by atoms with van der Waals surface area (Å²) in [6.07, 6.45) is 3.06. The summed E-state index contributed by atoms with van der Waals surface area (Å²) in [5.41, 5.74) is 1.27. The molecule has 0 saturated carbocycles. The average molecular weight is 404 g/mol. The van der Waals surface area contributed by atoms with E-state index in [2.05, 4.69) is 39.8 Å². The number of aromatic nitrogens is 4. The first kappa shape index (κ1) is 19.3. The largest absolute Gasteiger partial charge is 0.309 e.